The summed E-state index contributed by atoms with van der Waals surface area (Å²) in [5.74, 6) is -0.197. The molecular weight excluding hydrogens is 481 g/mol. The summed E-state index contributed by atoms with van der Waals surface area (Å²) in [6.45, 7) is 0. The lowest BCUT2D eigenvalue weighted by atomic mass is 9.85. The maximum Gasteiger partial charge on any atom is 0.227 e. The Morgan fingerprint density at radius 1 is 1.00 bits per heavy atom. The Bertz CT molecular complexity index is 1840. The number of H-pyrrole nitrogens is 2. The van der Waals surface area contributed by atoms with Crippen LogP contribution in [0.2, 0.25) is 0 Å². The molecule has 3 N–H and O–H groups in total. The fourth-order valence-electron chi connectivity index (χ4n) is 4.86. The zero-order valence-electron chi connectivity index (χ0n) is 20.2. The van der Waals surface area contributed by atoms with Crippen LogP contribution in [0.15, 0.2) is 73.2 Å². The minimum absolute atomic E-state index is 0.0405. The molecule has 6 aromatic rings. The third-order valence-electron chi connectivity index (χ3n) is 7.12. The van der Waals surface area contributed by atoms with Gasteiger partial charge in [0.1, 0.15) is 17.0 Å². The van der Waals surface area contributed by atoms with Crippen molar-refractivity contribution in [3.63, 3.8) is 0 Å². The first-order valence-corrected chi connectivity index (χ1v) is 12.5. The van der Waals surface area contributed by atoms with Gasteiger partial charge >= 0.3 is 0 Å². The van der Waals surface area contributed by atoms with E-state index < -0.39 is 0 Å². The molecule has 0 unspecified atom stereocenters. The van der Waals surface area contributed by atoms with E-state index >= 15 is 0 Å². The zero-order valence-corrected chi connectivity index (χ0v) is 20.2. The molecule has 9 heteroatoms. The quantitative estimate of drug-likeness (QED) is 0.263. The van der Waals surface area contributed by atoms with E-state index in [9.17, 15) is 9.18 Å². The van der Waals surface area contributed by atoms with Gasteiger partial charge < -0.3 is 10.3 Å². The van der Waals surface area contributed by atoms with Gasteiger partial charge in [-0.3, -0.25) is 19.9 Å². The fourth-order valence-corrected chi connectivity index (χ4v) is 4.86. The van der Waals surface area contributed by atoms with Crippen molar-refractivity contribution in [1.82, 2.24) is 30.1 Å². The summed E-state index contributed by atoms with van der Waals surface area (Å²) in [5, 5.41) is 11.3. The van der Waals surface area contributed by atoms with Gasteiger partial charge in [-0.15, -0.1) is 0 Å². The molecule has 38 heavy (non-hydrogen) atoms. The molecule has 1 aliphatic rings. The third-order valence-corrected chi connectivity index (χ3v) is 7.12. The summed E-state index contributed by atoms with van der Waals surface area (Å²) >= 11 is 0. The van der Waals surface area contributed by atoms with Gasteiger partial charge in [0.15, 0.2) is 0 Å². The van der Waals surface area contributed by atoms with E-state index in [-0.39, 0.29) is 17.6 Å². The molecule has 0 radical (unpaired) electrons. The van der Waals surface area contributed by atoms with E-state index in [0.29, 0.717) is 33.8 Å². The number of aromatic nitrogens is 6. The summed E-state index contributed by atoms with van der Waals surface area (Å²) in [5.41, 5.74) is 6.79. The molecule has 0 atom stereocenters. The van der Waals surface area contributed by atoms with Crippen molar-refractivity contribution in [2.45, 2.75) is 19.3 Å². The average Bonchev–Trinajstić information content (AvgIpc) is 3.52. The van der Waals surface area contributed by atoms with E-state index in [2.05, 4.69) is 30.5 Å². The Morgan fingerprint density at radius 3 is 2.74 bits per heavy atom. The SMILES string of the molecule is O=C(Nc1cncc(-c2ccc3[nH]nc(-c4cc5c(-c6ccccc6F)nccc5[nH]4)c3n2)c1)C1CCC1. The lowest BCUT2D eigenvalue weighted by Gasteiger charge is -2.24. The number of pyridine rings is 3. The first kappa shape index (κ1) is 22.3. The first-order chi connectivity index (χ1) is 18.6. The second-order valence-corrected chi connectivity index (χ2v) is 9.53. The van der Waals surface area contributed by atoms with E-state index in [0.717, 1.165) is 46.9 Å². The van der Waals surface area contributed by atoms with Crippen LogP contribution in [0.5, 0.6) is 0 Å². The Morgan fingerprint density at radius 2 is 1.89 bits per heavy atom. The van der Waals surface area contributed by atoms with Crippen molar-refractivity contribution in [2.75, 3.05) is 5.32 Å². The number of rotatable bonds is 5. The number of benzene rings is 1. The summed E-state index contributed by atoms with van der Waals surface area (Å²) in [4.78, 5) is 29.4. The molecular formula is C29H22FN7O. The number of nitrogens with one attached hydrogen (secondary N) is 3. The highest BCUT2D eigenvalue weighted by molar-refractivity contribution is 5.99. The molecule has 0 saturated heterocycles. The van der Waals surface area contributed by atoms with Crippen LogP contribution in [-0.4, -0.2) is 36.0 Å². The van der Waals surface area contributed by atoms with Crippen LogP contribution in [-0.2, 0) is 4.79 Å². The van der Waals surface area contributed by atoms with Gasteiger partial charge in [0.25, 0.3) is 0 Å². The second kappa shape index (κ2) is 8.88. The molecule has 186 valence electrons. The minimum atomic E-state index is -0.327. The number of hydrogen-bond donors (Lipinski definition) is 3. The molecule has 1 amide bonds. The Hall–Kier alpha value is -4.92. The molecule has 1 aliphatic carbocycles. The van der Waals surface area contributed by atoms with Gasteiger partial charge in [-0.25, -0.2) is 9.37 Å². The van der Waals surface area contributed by atoms with Crippen molar-refractivity contribution < 1.29 is 9.18 Å². The van der Waals surface area contributed by atoms with Crippen molar-refractivity contribution >= 4 is 33.5 Å². The summed E-state index contributed by atoms with van der Waals surface area (Å²) in [6, 6.07) is 16.1. The predicted octanol–water partition coefficient (Wildman–Crippen LogP) is 6.11. The smallest absolute Gasteiger partial charge is 0.227 e. The van der Waals surface area contributed by atoms with Crippen LogP contribution in [0.4, 0.5) is 10.1 Å². The zero-order chi connectivity index (χ0) is 25.6. The fraction of sp³-hybridized carbons (Fsp3) is 0.138. The summed E-state index contributed by atoms with van der Waals surface area (Å²) in [6.07, 6.45) is 8.01. The van der Waals surface area contributed by atoms with Crippen molar-refractivity contribution in [1.29, 1.82) is 0 Å². The van der Waals surface area contributed by atoms with E-state index in [1.54, 1.807) is 36.8 Å². The lowest BCUT2D eigenvalue weighted by molar-refractivity contribution is -0.122. The van der Waals surface area contributed by atoms with Gasteiger partial charge in [0, 0.05) is 40.3 Å². The maximum atomic E-state index is 14.6. The number of aromatic amines is 2. The van der Waals surface area contributed by atoms with Crippen LogP contribution in [0.1, 0.15) is 19.3 Å². The largest absolute Gasteiger partial charge is 0.353 e. The number of halogens is 1. The monoisotopic (exact) mass is 503 g/mol. The molecule has 0 aliphatic heterocycles. The normalized spacial score (nSPS) is 13.6. The van der Waals surface area contributed by atoms with E-state index in [4.69, 9.17) is 4.98 Å². The number of fused-ring (bicyclic) bond motifs is 2. The molecule has 1 saturated carbocycles. The first-order valence-electron chi connectivity index (χ1n) is 12.5. The maximum absolute atomic E-state index is 14.6. The van der Waals surface area contributed by atoms with Crippen LogP contribution in [0.25, 0.3) is 55.8 Å². The molecule has 8 nitrogen and oxygen atoms in total. The number of carbonyl (C=O) groups excluding carboxylic acids is 1. The van der Waals surface area contributed by atoms with E-state index in [1.165, 1.54) is 6.07 Å². The molecule has 1 fully saturated rings. The van der Waals surface area contributed by atoms with Crippen LogP contribution >= 0.6 is 0 Å². The number of carbonyl (C=O) groups is 1. The Balaban J connectivity index is 1.27. The number of hydrogen-bond acceptors (Lipinski definition) is 5. The highest BCUT2D eigenvalue weighted by Gasteiger charge is 2.25. The topological polar surface area (TPSA) is 112 Å². The molecule has 0 spiro atoms. The van der Waals surface area contributed by atoms with E-state index in [1.807, 2.05) is 30.3 Å². The van der Waals surface area contributed by atoms with Gasteiger partial charge in [-0.05, 0) is 55.3 Å². The van der Waals surface area contributed by atoms with Gasteiger partial charge in [-0.1, -0.05) is 18.6 Å². The summed E-state index contributed by atoms with van der Waals surface area (Å²) < 4.78 is 14.6. The van der Waals surface area contributed by atoms with Crippen molar-refractivity contribution in [3.8, 4) is 33.9 Å². The second-order valence-electron chi connectivity index (χ2n) is 9.53. The van der Waals surface area contributed by atoms with Crippen LogP contribution < -0.4 is 5.32 Å². The van der Waals surface area contributed by atoms with Crippen molar-refractivity contribution in [3.05, 3.63) is 79.0 Å². The Labute approximate surface area is 216 Å². The van der Waals surface area contributed by atoms with Gasteiger partial charge in [0.2, 0.25) is 5.91 Å². The number of anilines is 1. The molecule has 0 bridgehead atoms. The summed E-state index contributed by atoms with van der Waals surface area (Å²) in [7, 11) is 0. The standard InChI is InChI=1S/C29H22FN7O/c30-21-7-2-1-6-19(21)26-20-13-25(34-23(20)10-11-32-26)28-27-24(36-37-28)9-8-22(35-27)17-12-18(15-31-14-17)33-29(38)16-4-3-5-16/h1-2,6-16,34H,3-5H2,(H,33,38)(H,36,37). The molecule has 5 aromatic heterocycles. The van der Waals surface area contributed by atoms with Crippen LogP contribution in [0.3, 0.4) is 0 Å². The third kappa shape index (κ3) is 3.80. The van der Waals surface area contributed by atoms with Gasteiger partial charge in [-0.2, -0.15) is 5.10 Å². The Kier molecular flexibility index (Phi) is 5.21. The average molecular weight is 504 g/mol. The predicted molar refractivity (Wildman–Crippen MR) is 144 cm³/mol. The highest BCUT2D eigenvalue weighted by Crippen LogP contribution is 2.34. The number of nitrogens with zero attached hydrogens (tertiary/aromatic N) is 4. The molecule has 5 heterocycles. The highest BCUT2D eigenvalue weighted by atomic mass is 19.1. The van der Waals surface area contributed by atoms with Gasteiger partial charge in [0.05, 0.1) is 34.5 Å². The van der Waals surface area contributed by atoms with Crippen LogP contribution in [0, 0.1) is 11.7 Å². The minimum Gasteiger partial charge on any atom is -0.353 e. The van der Waals surface area contributed by atoms with Crippen molar-refractivity contribution in [2.24, 2.45) is 5.92 Å². The molecule has 7 rings (SSSR count). The lowest BCUT2D eigenvalue weighted by Crippen LogP contribution is -2.28. The number of amides is 1. The molecule has 1 aromatic carbocycles.